The van der Waals surface area contributed by atoms with Crippen molar-refractivity contribution in [3.63, 3.8) is 0 Å². The van der Waals surface area contributed by atoms with E-state index in [0.29, 0.717) is 17.2 Å². The number of benzene rings is 1. The van der Waals surface area contributed by atoms with Gasteiger partial charge in [0.05, 0.1) is 5.69 Å². The number of hydroxylamine groups is 1. The van der Waals surface area contributed by atoms with Gasteiger partial charge < -0.3 is 5.32 Å². The number of fused-ring (bicyclic) bond motifs is 1. The molecule has 0 unspecified atom stereocenters. The van der Waals surface area contributed by atoms with Crippen molar-refractivity contribution in [2.24, 2.45) is 0 Å². The van der Waals surface area contributed by atoms with Crippen LogP contribution in [0.3, 0.4) is 0 Å². The highest BCUT2D eigenvalue weighted by atomic mass is 32.1. The predicted octanol–water partition coefficient (Wildman–Crippen LogP) is 5.92. The Morgan fingerprint density at radius 2 is 2.09 bits per heavy atom. The van der Waals surface area contributed by atoms with E-state index in [1.54, 1.807) is 29.7 Å². The van der Waals surface area contributed by atoms with Gasteiger partial charge in [-0.1, -0.05) is 25.8 Å². The van der Waals surface area contributed by atoms with Gasteiger partial charge in [0.15, 0.2) is 0 Å². The van der Waals surface area contributed by atoms with Crippen molar-refractivity contribution < 1.29 is 14.8 Å². The number of hydrogen-bond donors (Lipinski definition) is 2. The van der Waals surface area contributed by atoms with Crippen LogP contribution in [0.4, 0.5) is 5.69 Å². The zero-order valence-electron chi connectivity index (χ0n) is 19.9. The summed E-state index contributed by atoms with van der Waals surface area (Å²) >= 11 is 1.62. The van der Waals surface area contributed by atoms with E-state index >= 15 is 0 Å². The molecule has 3 rings (SSSR count). The maximum atomic E-state index is 12.5. The summed E-state index contributed by atoms with van der Waals surface area (Å²) < 4.78 is 1.07. The second kappa shape index (κ2) is 13.0. The molecule has 0 saturated heterocycles. The summed E-state index contributed by atoms with van der Waals surface area (Å²) in [6.07, 6.45) is 14.5. The molecule has 0 radical (unpaired) electrons. The van der Waals surface area contributed by atoms with Crippen molar-refractivity contribution in [1.82, 2.24) is 10.3 Å². The predicted molar refractivity (Wildman–Crippen MR) is 139 cm³/mol. The second-order valence-electron chi connectivity index (χ2n) is 8.53. The van der Waals surface area contributed by atoms with Crippen LogP contribution < -0.4 is 10.4 Å². The average Bonchev–Trinajstić information content (AvgIpc) is 3.19. The number of unbranched alkanes of at least 4 members (excludes halogenated alkanes) is 2. The Bertz CT molecular complexity index is 1110. The number of aromatic nitrogens is 1. The van der Waals surface area contributed by atoms with Crippen LogP contribution in [0.25, 0.3) is 16.2 Å². The number of aryl methyl sites for hydroxylation is 2. The number of hydrogen-bond acceptors (Lipinski definition) is 5. The molecule has 0 aliphatic carbocycles. The van der Waals surface area contributed by atoms with Gasteiger partial charge in [-0.05, 0) is 85.9 Å². The molecule has 0 aliphatic heterocycles. The van der Waals surface area contributed by atoms with E-state index in [-0.39, 0.29) is 11.9 Å². The molecule has 2 aromatic heterocycles. The molecule has 1 atom stereocenters. The van der Waals surface area contributed by atoms with Crippen molar-refractivity contribution in [1.29, 1.82) is 0 Å². The SMILES string of the molecule is CCCCCc1c(/C=C/C(=O)N[C@H](C)CCCc2cccnc2)sc2ccc(N(O)C=O)cc12. The maximum absolute atomic E-state index is 12.5. The average molecular weight is 480 g/mol. The van der Waals surface area contributed by atoms with Crippen LogP contribution >= 0.6 is 11.3 Å². The molecule has 0 aliphatic rings. The van der Waals surface area contributed by atoms with Crippen LogP contribution in [0.5, 0.6) is 0 Å². The van der Waals surface area contributed by atoms with Gasteiger partial charge in [-0.25, -0.2) is 0 Å². The molecule has 6 nitrogen and oxygen atoms in total. The lowest BCUT2D eigenvalue weighted by Gasteiger charge is -2.12. The van der Waals surface area contributed by atoms with Crippen LogP contribution in [0.15, 0.2) is 48.8 Å². The number of thiophene rings is 1. The molecule has 2 amide bonds. The van der Waals surface area contributed by atoms with Gasteiger partial charge in [0.25, 0.3) is 0 Å². The van der Waals surface area contributed by atoms with Crippen molar-refractivity contribution >= 4 is 45.5 Å². The van der Waals surface area contributed by atoms with Gasteiger partial charge in [-0.2, -0.15) is 5.06 Å². The molecule has 0 saturated carbocycles. The fourth-order valence-corrected chi connectivity index (χ4v) is 5.11. The highest BCUT2D eigenvalue weighted by Crippen LogP contribution is 2.35. The van der Waals surface area contributed by atoms with E-state index in [2.05, 4.69) is 23.3 Å². The van der Waals surface area contributed by atoms with E-state index in [1.807, 2.05) is 37.4 Å². The summed E-state index contributed by atoms with van der Waals surface area (Å²) in [5.41, 5.74) is 2.80. The zero-order valence-corrected chi connectivity index (χ0v) is 20.7. The number of rotatable bonds is 13. The summed E-state index contributed by atoms with van der Waals surface area (Å²) in [6.45, 7) is 4.19. The van der Waals surface area contributed by atoms with E-state index in [4.69, 9.17) is 0 Å². The number of carbonyl (C=O) groups is 2. The molecule has 7 heteroatoms. The molecule has 180 valence electrons. The lowest BCUT2D eigenvalue weighted by Crippen LogP contribution is -2.31. The minimum atomic E-state index is -0.103. The smallest absolute Gasteiger partial charge is 0.244 e. The number of pyridine rings is 1. The summed E-state index contributed by atoms with van der Waals surface area (Å²) in [5, 5.41) is 14.4. The summed E-state index contributed by atoms with van der Waals surface area (Å²) in [6, 6.07) is 9.56. The number of anilines is 1. The number of carbonyl (C=O) groups excluding carboxylic acids is 2. The fraction of sp³-hybridized carbons (Fsp3) is 0.370. The fourth-order valence-electron chi connectivity index (χ4n) is 3.98. The van der Waals surface area contributed by atoms with Gasteiger partial charge in [-0.15, -0.1) is 11.3 Å². The van der Waals surface area contributed by atoms with Crippen molar-refractivity contribution in [2.45, 2.75) is 64.8 Å². The van der Waals surface area contributed by atoms with E-state index in [0.717, 1.165) is 65.5 Å². The van der Waals surface area contributed by atoms with Crippen molar-refractivity contribution in [3.8, 4) is 0 Å². The first kappa shape index (κ1) is 25.6. The van der Waals surface area contributed by atoms with Crippen LogP contribution in [0, 0.1) is 0 Å². The summed E-state index contributed by atoms with van der Waals surface area (Å²) in [7, 11) is 0. The standard InChI is InChI=1S/C27H33N3O3S/c1-3-4-5-11-23-24-17-22(30(33)19-31)12-13-26(24)34-25(23)14-15-27(32)29-20(2)8-6-9-21-10-7-16-28-18-21/h7,10,12-20,33H,3-6,8-9,11H2,1-2H3,(H,29,32)/b15-14+/t20-/m1/s1. The lowest BCUT2D eigenvalue weighted by atomic mass is 10.0. The highest BCUT2D eigenvalue weighted by molar-refractivity contribution is 7.20. The lowest BCUT2D eigenvalue weighted by molar-refractivity contribution is -0.117. The molecule has 3 aromatic rings. The minimum Gasteiger partial charge on any atom is -0.350 e. The zero-order chi connectivity index (χ0) is 24.3. The van der Waals surface area contributed by atoms with Crippen molar-refractivity contribution in [3.05, 3.63) is 64.8 Å². The molecular weight excluding hydrogens is 446 g/mol. The maximum Gasteiger partial charge on any atom is 0.244 e. The van der Waals surface area contributed by atoms with E-state index < -0.39 is 0 Å². The second-order valence-corrected chi connectivity index (χ2v) is 9.61. The molecule has 2 N–H and O–H groups in total. The molecule has 0 bridgehead atoms. The largest absolute Gasteiger partial charge is 0.350 e. The quantitative estimate of drug-likeness (QED) is 0.105. The van der Waals surface area contributed by atoms with Crippen LogP contribution in [0.1, 0.15) is 62.0 Å². The Kier molecular flexibility index (Phi) is 9.79. The van der Waals surface area contributed by atoms with Gasteiger partial charge in [-0.3, -0.25) is 19.8 Å². The van der Waals surface area contributed by atoms with E-state index in [1.165, 1.54) is 5.56 Å². The Morgan fingerprint density at radius 1 is 1.24 bits per heavy atom. The molecule has 1 aromatic carbocycles. The van der Waals surface area contributed by atoms with Gasteiger partial charge >= 0.3 is 0 Å². The Balaban J connectivity index is 1.66. The number of nitrogens with one attached hydrogen (secondary N) is 1. The first-order valence-electron chi connectivity index (χ1n) is 11.9. The Morgan fingerprint density at radius 3 is 2.82 bits per heavy atom. The molecular formula is C27H33N3O3S. The normalized spacial score (nSPS) is 12.2. The topological polar surface area (TPSA) is 82.5 Å². The highest BCUT2D eigenvalue weighted by Gasteiger charge is 2.13. The third kappa shape index (κ3) is 7.23. The monoisotopic (exact) mass is 479 g/mol. The third-order valence-corrected chi connectivity index (χ3v) is 6.98. The van der Waals surface area contributed by atoms with Crippen LogP contribution in [0.2, 0.25) is 0 Å². The number of amides is 2. The first-order chi connectivity index (χ1) is 16.5. The molecule has 2 heterocycles. The van der Waals surface area contributed by atoms with Crippen LogP contribution in [-0.4, -0.2) is 28.6 Å². The summed E-state index contributed by atoms with van der Waals surface area (Å²) in [5.74, 6) is -0.103. The van der Waals surface area contributed by atoms with E-state index in [9.17, 15) is 14.8 Å². The van der Waals surface area contributed by atoms with Gasteiger partial charge in [0.2, 0.25) is 12.3 Å². The van der Waals surface area contributed by atoms with Crippen LogP contribution in [-0.2, 0) is 22.4 Å². The molecule has 0 fully saturated rings. The van der Waals surface area contributed by atoms with Gasteiger partial charge in [0, 0.05) is 34.1 Å². The van der Waals surface area contributed by atoms with Crippen molar-refractivity contribution in [2.75, 3.05) is 5.06 Å². The minimum absolute atomic E-state index is 0.0849. The van der Waals surface area contributed by atoms with Gasteiger partial charge in [0.1, 0.15) is 0 Å². The molecule has 0 spiro atoms. The third-order valence-electron chi connectivity index (χ3n) is 5.80. The molecule has 34 heavy (non-hydrogen) atoms. The first-order valence-corrected chi connectivity index (χ1v) is 12.7. The Labute approximate surface area is 205 Å². The Hall–Kier alpha value is -3.03. The summed E-state index contributed by atoms with van der Waals surface area (Å²) in [4.78, 5) is 28.7. The number of nitrogens with zero attached hydrogens (tertiary/aromatic N) is 2.